The van der Waals surface area contributed by atoms with E-state index in [0.717, 1.165) is 51.6 Å². The van der Waals surface area contributed by atoms with Crippen LogP contribution < -0.4 is 0 Å². The van der Waals surface area contributed by atoms with Gasteiger partial charge in [-0.1, -0.05) is 25.1 Å². The number of para-hydroxylation sites is 1. The molecule has 0 saturated carbocycles. The Bertz CT molecular complexity index is 1720. The minimum atomic E-state index is -0.155. The Morgan fingerprint density at radius 3 is 2.68 bits per heavy atom. The minimum Gasteiger partial charge on any atom is -0.507 e. The predicted octanol–water partition coefficient (Wildman–Crippen LogP) is 5.65. The molecule has 4 heterocycles. The van der Waals surface area contributed by atoms with Crippen molar-refractivity contribution < 1.29 is 14.3 Å². The number of aliphatic imine (C=N–C) groups is 1. The molecule has 0 radical (unpaired) electrons. The van der Waals surface area contributed by atoms with E-state index in [1.54, 1.807) is 18.3 Å². The van der Waals surface area contributed by atoms with Crippen molar-refractivity contribution >= 4 is 23.2 Å². The van der Waals surface area contributed by atoms with Gasteiger partial charge in [-0.3, -0.25) is 4.79 Å². The number of amides is 1. The summed E-state index contributed by atoms with van der Waals surface area (Å²) in [6.07, 6.45) is 4.57. The average Bonchev–Trinajstić information content (AvgIpc) is 3.62. The highest BCUT2D eigenvalue weighted by atomic mass is 16.3. The molecule has 184 valence electrons. The van der Waals surface area contributed by atoms with Crippen LogP contribution in [0.15, 0.2) is 81.7 Å². The molecule has 0 atom stereocenters. The molecule has 5 aromatic rings. The van der Waals surface area contributed by atoms with Gasteiger partial charge < -0.3 is 14.1 Å². The van der Waals surface area contributed by atoms with E-state index in [1.807, 2.05) is 70.8 Å². The van der Waals surface area contributed by atoms with Gasteiger partial charge >= 0.3 is 0 Å². The zero-order chi connectivity index (χ0) is 25.5. The lowest BCUT2D eigenvalue weighted by atomic mass is 10.1. The molecule has 0 bridgehead atoms. The lowest BCUT2D eigenvalue weighted by molar-refractivity contribution is -0.117. The van der Waals surface area contributed by atoms with Crippen LogP contribution in [0.2, 0.25) is 0 Å². The maximum absolute atomic E-state index is 11.6. The van der Waals surface area contributed by atoms with Gasteiger partial charge in [-0.15, -0.1) is 0 Å². The molecule has 0 spiro atoms. The maximum Gasteiger partial charge on any atom is 0.249 e. The van der Waals surface area contributed by atoms with Crippen LogP contribution in [0.5, 0.6) is 5.75 Å². The number of furan rings is 1. The zero-order valence-corrected chi connectivity index (χ0v) is 20.5. The Kier molecular flexibility index (Phi) is 5.56. The van der Waals surface area contributed by atoms with Crippen molar-refractivity contribution in [2.24, 2.45) is 4.99 Å². The summed E-state index contributed by atoms with van der Waals surface area (Å²) in [6, 6.07) is 19.1. The molecule has 1 amide bonds. The monoisotopic (exact) mass is 491 g/mol. The quantitative estimate of drug-likeness (QED) is 0.331. The van der Waals surface area contributed by atoms with Crippen LogP contribution in [0, 0.1) is 6.92 Å². The number of aryl methyl sites for hydroxylation is 2. The Hall–Kier alpha value is -4.72. The van der Waals surface area contributed by atoms with Gasteiger partial charge in [0.15, 0.2) is 5.76 Å². The van der Waals surface area contributed by atoms with Crippen LogP contribution in [-0.4, -0.2) is 36.6 Å². The summed E-state index contributed by atoms with van der Waals surface area (Å²) in [7, 11) is 0. The topological polar surface area (TPSA) is 98.4 Å². The first kappa shape index (κ1) is 22.7. The van der Waals surface area contributed by atoms with Crippen molar-refractivity contribution in [1.82, 2.24) is 19.3 Å². The first-order valence-electron chi connectivity index (χ1n) is 12.2. The first-order chi connectivity index (χ1) is 18.0. The van der Waals surface area contributed by atoms with E-state index in [4.69, 9.17) is 14.5 Å². The number of imidazole rings is 1. The van der Waals surface area contributed by atoms with Gasteiger partial charge in [0.05, 0.1) is 34.5 Å². The van der Waals surface area contributed by atoms with Crippen LogP contribution >= 0.6 is 0 Å². The second kappa shape index (κ2) is 9.05. The number of dihydropyridines is 1. The van der Waals surface area contributed by atoms with E-state index >= 15 is 0 Å². The summed E-state index contributed by atoms with van der Waals surface area (Å²) in [5.41, 5.74) is 5.88. The Morgan fingerprint density at radius 1 is 1.08 bits per heavy atom. The van der Waals surface area contributed by atoms with Gasteiger partial charge in [-0.25, -0.2) is 14.7 Å². The average molecular weight is 492 g/mol. The molecule has 3 aromatic heterocycles. The molecule has 0 saturated heterocycles. The van der Waals surface area contributed by atoms with Gasteiger partial charge in [0.1, 0.15) is 23.0 Å². The molecule has 0 aliphatic carbocycles. The molecule has 1 N–H and O–H groups in total. The second-order valence-corrected chi connectivity index (χ2v) is 9.04. The molecule has 37 heavy (non-hydrogen) atoms. The number of rotatable bonds is 6. The summed E-state index contributed by atoms with van der Waals surface area (Å²) in [6.45, 7) is 4.46. The molecule has 0 fully saturated rings. The molecule has 0 unspecified atom stereocenters. The number of hydrogen-bond donors (Lipinski definition) is 1. The van der Waals surface area contributed by atoms with E-state index in [0.29, 0.717) is 17.9 Å². The molecule has 1 aliphatic heterocycles. The molecular formula is C29H25N5O3. The van der Waals surface area contributed by atoms with E-state index in [-0.39, 0.29) is 18.1 Å². The summed E-state index contributed by atoms with van der Waals surface area (Å²) in [5, 5.41) is 15.4. The van der Waals surface area contributed by atoms with Crippen molar-refractivity contribution in [2.75, 3.05) is 0 Å². The van der Waals surface area contributed by atoms with Crippen LogP contribution in [0.1, 0.15) is 24.8 Å². The van der Waals surface area contributed by atoms with Crippen molar-refractivity contribution in [2.45, 2.75) is 33.2 Å². The molecular weight excluding hydrogens is 466 g/mol. The highest BCUT2D eigenvalue weighted by molar-refractivity contribution is 5.96. The summed E-state index contributed by atoms with van der Waals surface area (Å²) in [4.78, 5) is 20.5. The summed E-state index contributed by atoms with van der Waals surface area (Å²) in [5.74, 6) is 2.22. The first-order valence-corrected chi connectivity index (χ1v) is 12.2. The number of hydrogen-bond acceptors (Lipinski definition) is 5. The fraction of sp³-hybridized carbons (Fsp3) is 0.172. The highest BCUT2D eigenvalue weighted by Gasteiger charge is 2.19. The number of phenolic OH excluding ortho intramolecular Hbond substituents is 1. The van der Waals surface area contributed by atoms with Gasteiger partial charge in [0, 0.05) is 12.6 Å². The Balaban J connectivity index is 1.50. The fourth-order valence-corrected chi connectivity index (χ4v) is 4.59. The van der Waals surface area contributed by atoms with E-state index < -0.39 is 0 Å². The van der Waals surface area contributed by atoms with Crippen LogP contribution in [0.25, 0.3) is 39.6 Å². The normalized spacial score (nSPS) is 13.5. The predicted molar refractivity (Wildman–Crippen MR) is 142 cm³/mol. The number of carbonyl (C=O) groups is 1. The highest BCUT2D eigenvalue weighted by Crippen LogP contribution is 2.33. The lowest BCUT2D eigenvalue weighted by Gasteiger charge is -2.12. The lowest BCUT2D eigenvalue weighted by Crippen LogP contribution is -2.09. The van der Waals surface area contributed by atoms with Crippen LogP contribution in [0.3, 0.4) is 0 Å². The number of benzene rings is 2. The maximum atomic E-state index is 11.6. The third-order valence-corrected chi connectivity index (χ3v) is 6.49. The molecule has 8 heteroatoms. The number of aromatic hydroxyl groups is 1. The number of nitrogens with zero attached hydrogens (tertiary/aromatic N) is 5. The Morgan fingerprint density at radius 2 is 1.95 bits per heavy atom. The SMILES string of the molecule is CCc1cc(-c2ccc(C)o2)n(-c2ccc3c(c2)nc(-c2ccccc2O)n3CC2=CCC(=O)N=C2)n1. The number of allylic oxidation sites excluding steroid dienone is 1. The van der Waals surface area contributed by atoms with Gasteiger partial charge in [-0.2, -0.15) is 5.10 Å². The van der Waals surface area contributed by atoms with Gasteiger partial charge in [0.2, 0.25) is 5.91 Å². The Labute approximate surface area is 213 Å². The van der Waals surface area contributed by atoms with Crippen molar-refractivity contribution in [3.8, 4) is 34.3 Å². The van der Waals surface area contributed by atoms with Crippen LogP contribution in [-0.2, 0) is 17.8 Å². The molecule has 1 aliphatic rings. The smallest absolute Gasteiger partial charge is 0.249 e. The molecule has 2 aromatic carbocycles. The third kappa shape index (κ3) is 4.16. The fourth-order valence-electron chi connectivity index (χ4n) is 4.59. The standard InChI is InChI=1S/C29H25N5O3/c1-3-20-14-25(27-12-8-18(2)37-27)34(32-20)21-10-11-24-23(15-21)31-29(22-6-4-5-7-26(22)35)33(24)17-19-9-13-28(36)30-16-19/h4-12,14-16,35H,3,13,17H2,1-2H3. The summed E-state index contributed by atoms with van der Waals surface area (Å²) < 4.78 is 9.84. The van der Waals surface area contributed by atoms with Gasteiger partial charge in [0.25, 0.3) is 0 Å². The van der Waals surface area contributed by atoms with Crippen molar-refractivity contribution in [1.29, 1.82) is 0 Å². The van der Waals surface area contributed by atoms with E-state index in [9.17, 15) is 9.90 Å². The van der Waals surface area contributed by atoms with Crippen molar-refractivity contribution in [3.63, 3.8) is 0 Å². The third-order valence-electron chi connectivity index (χ3n) is 6.49. The van der Waals surface area contributed by atoms with Gasteiger partial charge in [-0.05, 0) is 67.4 Å². The summed E-state index contributed by atoms with van der Waals surface area (Å²) >= 11 is 0. The second-order valence-electron chi connectivity index (χ2n) is 9.04. The van der Waals surface area contributed by atoms with E-state index in [2.05, 4.69) is 11.9 Å². The number of fused-ring (bicyclic) bond motifs is 1. The van der Waals surface area contributed by atoms with Crippen molar-refractivity contribution in [3.05, 3.63) is 83.8 Å². The number of aromatic nitrogens is 4. The largest absolute Gasteiger partial charge is 0.507 e. The van der Waals surface area contributed by atoms with Crippen LogP contribution in [0.4, 0.5) is 0 Å². The molecule has 8 nitrogen and oxygen atoms in total. The molecule has 6 rings (SSSR count). The minimum absolute atomic E-state index is 0.149. The number of phenols is 1. The van der Waals surface area contributed by atoms with E-state index in [1.165, 1.54) is 0 Å². The number of carbonyl (C=O) groups excluding carboxylic acids is 1. The zero-order valence-electron chi connectivity index (χ0n) is 20.5.